The van der Waals surface area contributed by atoms with Crippen LogP contribution in [0.3, 0.4) is 0 Å². The van der Waals surface area contributed by atoms with E-state index in [0.717, 1.165) is 6.42 Å². The molecule has 1 aromatic rings. The van der Waals surface area contributed by atoms with Crippen LogP contribution in [0.2, 0.25) is 0 Å². The standard InChI is InChI=1S/C19H27FN2O3/c1-14(2)25-11-5-10-21-18(24)19(3)9-8-17(23)22(19)13-15-6-4-7-16(20)12-15/h4,6-7,12,14H,5,8-11,13H2,1-3H3,(H,21,24)/t19-/m0/s1. The van der Waals surface area contributed by atoms with Gasteiger partial charge in [-0.2, -0.15) is 0 Å². The fourth-order valence-electron chi connectivity index (χ4n) is 3.00. The molecule has 1 N–H and O–H groups in total. The molecule has 1 fully saturated rings. The van der Waals surface area contributed by atoms with Crippen molar-refractivity contribution in [1.29, 1.82) is 0 Å². The Hall–Kier alpha value is -1.95. The zero-order valence-corrected chi connectivity index (χ0v) is 15.2. The number of ether oxygens (including phenoxy) is 1. The molecule has 0 radical (unpaired) electrons. The van der Waals surface area contributed by atoms with Crippen LogP contribution in [0.4, 0.5) is 4.39 Å². The number of carbonyl (C=O) groups excluding carboxylic acids is 2. The van der Waals surface area contributed by atoms with Crippen molar-refractivity contribution in [2.75, 3.05) is 13.2 Å². The number of rotatable bonds is 8. The lowest BCUT2D eigenvalue weighted by Gasteiger charge is -2.34. The fourth-order valence-corrected chi connectivity index (χ4v) is 3.00. The lowest BCUT2D eigenvalue weighted by Crippen LogP contribution is -2.54. The molecule has 0 unspecified atom stereocenters. The second-order valence-electron chi connectivity index (χ2n) is 6.91. The highest BCUT2D eigenvalue weighted by Crippen LogP contribution is 2.32. The molecule has 0 aromatic heterocycles. The second-order valence-corrected chi connectivity index (χ2v) is 6.91. The third kappa shape index (κ3) is 5.01. The summed E-state index contributed by atoms with van der Waals surface area (Å²) < 4.78 is 18.8. The molecular weight excluding hydrogens is 323 g/mol. The SMILES string of the molecule is CC(C)OCCCNC(=O)[C@]1(C)CCC(=O)N1Cc1cccc(F)c1. The van der Waals surface area contributed by atoms with Crippen LogP contribution in [-0.2, 0) is 20.9 Å². The van der Waals surface area contributed by atoms with Gasteiger partial charge in [0.1, 0.15) is 11.4 Å². The molecular formula is C19H27FN2O3. The van der Waals surface area contributed by atoms with E-state index in [4.69, 9.17) is 4.74 Å². The van der Waals surface area contributed by atoms with Crippen molar-refractivity contribution >= 4 is 11.8 Å². The molecule has 25 heavy (non-hydrogen) atoms. The molecule has 1 aromatic carbocycles. The van der Waals surface area contributed by atoms with Crippen molar-refractivity contribution in [3.63, 3.8) is 0 Å². The average Bonchev–Trinajstić information content (AvgIpc) is 2.84. The van der Waals surface area contributed by atoms with E-state index in [9.17, 15) is 14.0 Å². The van der Waals surface area contributed by atoms with Gasteiger partial charge in [-0.3, -0.25) is 9.59 Å². The maximum atomic E-state index is 13.4. The number of carbonyl (C=O) groups is 2. The van der Waals surface area contributed by atoms with Gasteiger partial charge < -0.3 is 15.0 Å². The molecule has 1 atom stereocenters. The highest BCUT2D eigenvalue weighted by atomic mass is 19.1. The zero-order valence-electron chi connectivity index (χ0n) is 15.2. The van der Waals surface area contributed by atoms with Crippen LogP contribution in [-0.4, -0.2) is 41.5 Å². The summed E-state index contributed by atoms with van der Waals surface area (Å²) in [5.41, 5.74) is -0.220. The van der Waals surface area contributed by atoms with Crippen molar-refractivity contribution in [2.45, 2.75) is 58.2 Å². The van der Waals surface area contributed by atoms with Gasteiger partial charge in [0.15, 0.2) is 0 Å². The maximum Gasteiger partial charge on any atom is 0.245 e. The summed E-state index contributed by atoms with van der Waals surface area (Å²) in [6.07, 6.45) is 1.69. The first-order valence-electron chi connectivity index (χ1n) is 8.78. The van der Waals surface area contributed by atoms with Crippen molar-refractivity contribution in [2.24, 2.45) is 0 Å². The minimum absolute atomic E-state index is 0.0787. The predicted molar refractivity (Wildman–Crippen MR) is 93.3 cm³/mol. The minimum Gasteiger partial charge on any atom is -0.379 e. The van der Waals surface area contributed by atoms with Crippen molar-refractivity contribution in [1.82, 2.24) is 10.2 Å². The molecule has 1 aliphatic rings. The third-order valence-electron chi connectivity index (χ3n) is 4.50. The Morgan fingerprint density at radius 2 is 2.20 bits per heavy atom. The molecule has 0 saturated carbocycles. The molecule has 2 rings (SSSR count). The smallest absolute Gasteiger partial charge is 0.245 e. The van der Waals surface area contributed by atoms with E-state index < -0.39 is 5.54 Å². The van der Waals surface area contributed by atoms with Gasteiger partial charge in [-0.05, 0) is 51.3 Å². The van der Waals surface area contributed by atoms with Crippen LogP contribution in [0.5, 0.6) is 0 Å². The number of benzene rings is 1. The van der Waals surface area contributed by atoms with Crippen molar-refractivity contribution in [3.8, 4) is 0 Å². The van der Waals surface area contributed by atoms with Gasteiger partial charge >= 0.3 is 0 Å². The summed E-state index contributed by atoms with van der Waals surface area (Å²) >= 11 is 0. The maximum absolute atomic E-state index is 13.4. The third-order valence-corrected chi connectivity index (χ3v) is 4.50. The fraction of sp³-hybridized carbons (Fsp3) is 0.579. The van der Waals surface area contributed by atoms with Gasteiger partial charge in [0.25, 0.3) is 0 Å². The first kappa shape index (κ1) is 19.4. The molecule has 0 bridgehead atoms. The van der Waals surface area contributed by atoms with E-state index >= 15 is 0 Å². The summed E-state index contributed by atoms with van der Waals surface area (Å²) in [7, 11) is 0. The predicted octanol–water partition coefficient (Wildman–Crippen LogP) is 2.64. The van der Waals surface area contributed by atoms with E-state index in [1.165, 1.54) is 12.1 Å². The Morgan fingerprint density at radius 1 is 1.44 bits per heavy atom. The van der Waals surface area contributed by atoms with Crippen LogP contribution in [0.25, 0.3) is 0 Å². The van der Waals surface area contributed by atoms with Gasteiger partial charge in [-0.1, -0.05) is 12.1 Å². The van der Waals surface area contributed by atoms with Crippen LogP contribution in [0, 0.1) is 5.82 Å². The molecule has 0 spiro atoms. The van der Waals surface area contributed by atoms with E-state index in [1.54, 1.807) is 24.0 Å². The number of nitrogens with one attached hydrogen (secondary N) is 1. The number of hydrogen-bond donors (Lipinski definition) is 1. The Morgan fingerprint density at radius 3 is 2.88 bits per heavy atom. The number of halogens is 1. The first-order valence-corrected chi connectivity index (χ1v) is 8.78. The summed E-state index contributed by atoms with van der Waals surface area (Å²) in [6.45, 7) is 7.03. The second kappa shape index (κ2) is 8.43. The number of likely N-dealkylation sites (tertiary alicyclic amines) is 1. The first-order chi connectivity index (χ1) is 11.8. The molecule has 0 aliphatic carbocycles. The van der Waals surface area contributed by atoms with Crippen molar-refractivity contribution < 1.29 is 18.7 Å². The summed E-state index contributed by atoms with van der Waals surface area (Å²) in [5, 5.41) is 2.90. The summed E-state index contributed by atoms with van der Waals surface area (Å²) in [5.74, 6) is -0.593. The topological polar surface area (TPSA) is 58.6 Å². The van der Waals surface area contributed by atoms with Gasteiger partial charge in [-0.25, -0.2) is 4.39 Å². The Labute approximate surface area is 148 Å². The Kier molecular flexibility index (Phi) is 6.53. The van der Waals surface area contributed by atoms with Crippen LogP contribution in [0.1, 0.15) is 45.6 Å². The van der Waals surface area contributed by atoms with E-state index in [1.807, 2.05) is 13.8 Å². The van der Waals surface area contributed by atoms with Crippen LogP contribution in [0.15, 0.2) is 24.3 Å². The molecule has 1 heterocycles. The van der Waals surface area contributed by atoms with E-state index in [-0.39, 0.29) is 30.3 Å². The van der Waals surface area contributed by atoms with Gasteiger partial charge in [0, 0.05) is 26.1 Å². The Bertz CT molecular complexity index is 620. The highest BCUT2D eigenvalue weighted by Gasteiger charge is 2.46. The average molecular weight is 350 g/mol. The molecule has 138 valence electrons. The van der Waals surface area contributed by atoms with Crippen molar-refractivity contribution in [3.05, 3.63) is 35.6 Å². The number of amides is 2. The van der Waals surface area contributed by atoms with Crippen LogP contribution >= 0.6 is 0 Å². The largest absolute Gasteiger partial charge is 0.379 e. The quantitative estimate of drug-likeness (QED) is 0.733. The van der Waals surface area contributed by atoms with Gasteiger partial charge in [0.05, 0.1) is 6.10 Å². The highest BCUT2D eigenvalue weighted by molar-refractivity contribution is 5.94. The van der Waals surface area contributed by atoms with E-state index in [2.05, 4.69) is 5.32 Å². The van der Waals surface area contributed by atoms with Crippen LogP contribution < -0.4 is 5.32 Å². The number of nitrogens with zero attached hydrogens (tertiary/aromatic N) is 1. The summed E-state index contributed by atoms with van der Waals surface area (Å²) in [4.78, 5) is 26.5. The molecule has 1 saturated heterocycles. The monoisotopic (exact) mass is 350 g/mol. The number of hydrogen-bond acceptors (Lipinski definition) is 3. The summed E-state index contributed by atoms with van der Waals surface area (Å²) in [6, 6.07) is 6.13. The van der Waals surface area contributed by atoms with Gasteiger partial charge in [0.2, 0.25) is 11.8 Å². The van der Waals surface area contributed by atoms with Gasteiger partial charge in [-0.15, -0.1) is 0 Å². The zero-order chi connectivity index (χ0) is 18.4. The minimum atomic E-state index is -0.900. The van der Waals surface area contributed by atoms with E-state index in [0.29, 0.717) is 31.6 Å². The molecule has 2 amide bonds. The lowest BCUT2D eigenvalue weighted by molar-refractivity contribution is -0.141. The molecule has 5 nitrogen and oxygen atoms in total. The Balaban J connectivity index is 1.96. The molecule has 1 aliphatic heterocycles. The normalized spacial score (nSPS) is 20.4. The molecule has 6 heteroatoms. The lowest BCUT2D eigenvalue weighted by atomic mass is 9.97.